The second-order valence-corrected chi connectivity index (χ2v) is 12.5. The summed E-state index contributed by atoms with van der Waals surface area (Å²) in [6.07, 6.45) is 2.95. The number of nitrogens with one attached hydrogen (secondary N) is 1. The molecule has 0 aliphatic carbocycles. The molecule has 2 bridgehead atoms. The van der Waals surface area contributed by atoms with Crippen molar-refractivity contribution in [2.24, 2.45) is 11.7 Å². The largest absolute Gasteiger partial charge is 0.343 e. The summed E-state index contributed by atoms with van der Waals surface area (Å²) in [4.78, 5) is 26.8. The van der Waals surface area contributed by atoms with Gasteiger partial charge in [-0.05, 0) is 93.0 Å². The number of halogens is 4. The standard InChI is InChI=1S/C24H25F4N3O2.C7H8O3S/c25-16-3-1-13(2-4-16)24(33)30-12-23(32)31-17-5-6-18(31)8-15(7-17)22(29)10-14-9-20(27)21(28)11-19(14)26;1-6-2-4-7(5-3-6)11(8,9)10/h1-4,9,11,15,17-18,22H,5-8,10,12,29H2,(H,30,33);2-5H,1H3,(H,8,9,10)/t15?,17?,18?,22-;/m1./s1. The lowest BCUT2D eigenvalue weighted by Crippen LogP contribution is -2.52. The van der Waals surface area contributed by atoms with Crippen molar-refractivity contribution >= 4 is 21.9 Å². The molecule has 2 saturated heterocycles. The molecule has 3 aromatic rings. The molecule has 2 unspecified atom stereocenters. The maximum Gasteiger partial charge on any atom is 0.294 e. The average molecular weight is 636 g/mol. The highest BCUT2D eigenvalue weighted by Gasteiger charge is 2.44. The van der Waals surface area contributed by atoms with Crippen molar-refractivity contribution < 1.29 is 40.1 Å². The van der Waals surface area contributed by atoms with Crippen molar-refractivity contribution in [3.8, 4) is 0 Å². The number of carbonyl (C=O) groups excluding carboxylic acids is 2. The number of fused-ring (bicyclic) bond motifs is 2. The van der Waals surface area contributed by atoms with E-state index in [-0.39, 0.29) is 52.9 Å². The van der Waals surface area contributed by atoms with Gasteiger partial charge in [0, 0.05) is 29.8 Å². The summed E-state index contributed by atoms with van der Waals surface area (Å²) in [5.74, 6) is -4.27. The van der Waals surface area contributed by atoms with Gasteiger partial charge in [0.15, 0.2) is 11.6 Å². The lowest BCUT2D eigenvalue weighted by Gasteiger charge is -2.41. The minimum atomic E-state index is -4.02. The molecule has 44 heavy (non-hydrogen) atoms. The molecular formula is C31H33F4N3O5S. The fourth-order valence-electron chi connectivity index (χ4n) is 5.78. The molecule has 5 rings (SSSR count). The number of hydrogen-bond donors (Lipinski definition) is 3. The zero-order valence-electron chi connectivity index (χ0n) is 23.9. The first kappa shape index (κ1) is 33.1. The van der Waals surface area contributed by atoms with Gasteiger partial charge in [-0.1, -0.05) is 17.7 Å². The summed E-state index contributed by atoms with van der Waals surface area (Å²) in [7, 11) is -4.02. The number of nitrogens with two attached hydrogens (primary N) is 1. The van der Waals surface area contributed by atoms with E-state index in [1.54, 1.807) is 17.0 Å². The molecule has 2 heterocycles. The van der Waals surface area contributed by atoms with Crippen LogP contribution in [0.4, 0.5) is 17.6 Å². The fourth-order valence-corrected chi connectivity index (χ4v) is 6.26. The number of nitrogens with zero attached hydrogens (tertiary/aromatic N) is 1. The predicted molar refractivity (Wildman–Crippen MR) is 154 cm³/mol. The Balaban J connectivity index is 0.000000339. The van der Waals surface area contributed by atoms with Gasteiger partial charge >= 0.3 is 0 Å². The van der Waals surface area contributed by atoms with E-state index in [0.717, 1.165) is 24.5 Å². The molecule has 2 amide bonds. The van der Waals surface area contributed by atoms with Crippen LogP contribution in [-0.2, 0) is 21.3 Å². The second-order valence-electron chi connectivity index (χ2n) is 11.1. The molecule has 0 aromatic heterocycles. The summed E-state index contributed by atoms with van der Waals surface area (Å²) < 4.78 is 83.3. The lowest BCUT2D eigenvalue weighted by molar-refractivity contribution is -0.135. The third-order valence-corrected chi connectivity index (χ3v) is 8.90. The van der Waals surface area contributed by atoms with Gasteiger partial charge in [-0.2, -0.15) is 8.42 Å². The molecule has 0 radical (unpaired) electrons. The number of aryl methyl sites for hydroxylation is 1. The van der Waals surface area contributed by atoms with Gasteiger partial charge in [0.05, 0.1) is 11.4 Å². The van der Waals surface area contributed by atoms with Crippen LogP contribution in [0.5, 0.6) is 0 Å². The third-order valence-electron chi connectivity index (χ3n) is 8.03. The normalized spacial score (nSPS) is 20.0. The zero-order chi connectivity index (χ0) is 32.2. The second kappa shape index (κ2) is 13.9. The van der Waals surface area contributed by atoms with Gasteiger partial charge in [0.2, 0.25) is 5.91 Å². The van der Waals surface area contributed by atoms with Gasteiger partial charge in [0.25, 0.3) is 16.0 Å². The Labute approximate surface area is 253 Å². The summed E-state index contributed by atoms with van der Waals surface area (Å²) in [5.41, 5.74) is 7.57. The number of carbonyl (C=O) groups is 2. The molecule has 3 atom stereocenters. The fraction of sp³-hybridized carbons (Fsp3) is 0.355. The molecule has 13 heteroatoms. The lowest BCUT2D eigenvalue weighted by atomic mass is 9.82. The molecule has 4 N–H and O–H groups in total. The average Bonchev–Trinajstić information content (AvgIpc) is 3.23. The van der Waals surface area contributed by atoms with Crippen LogP contribution in [0.3, 0.4) is 0 Å². The number of rotatable bonds is 7. The van der Waals surface area contributed by atoms with E-state index in [0.29, 0.717) is 18.9 Å². The first-order valence-corrected chi connectivity index (χ1v) is 15.4. The van der Waals surface area contributed by atoms with Crippen LogP contribution in [0.15, 0.2) is 65.6 Å². The van der Waals surface area contributed by atoms with Crippen molar-refractivity contribution in [1.29, 1.82) is 0 Å². The molecule has 236 valence electrons. The van der Waals surface area contributed by atoms with Gasteiger partial charge < -0.3 is 16.0 Å². The number of amides is 2. The van der Waals surface area contributed by atoms with Crippen molar-refractivity contribution in [2.75, 3.05) is 6.54 Å². The Morgan fingerprint density at radius 2 is 1.50 bits per heavy atom. The quantitative estimate of drug-likeness (QED) is 0.199. The van der Waals surface area contributed by atoms with Crippen LogP contribution in [0, 0.1) is 36.1 Å². The number of hydrogen-bond acceptors (Lipinski definition) is 5. The van der Waals surface area contributed by atoms with Crippen molar-refractivity contribution in [3.05, 3.63) is 101 Å². The van der Waals surface area contributed by atoms with Crippen LogP contribution in [0.1, 0.15) is 47.2 Å². The van der Waals surface area contributed by atoms with Gasteiger partial charge in [-0.3, -0.25) is 14.1 Å². The van der Waals surface area contributed by atoms with Crippen molar-refractivity contribution in [3.63, 3.8) is 0 Å². The summed E-state index contributed by atoms with van der Waals surface area (Å²) in [6, 6.07) is 11.9. The molecular weight excluding hydrogens is 602 g/mol. The molecule has 0 saturated carbocycles. The van der Waals surface area contributed by atoms with Crippen LogP contribution < -0.4 is 11.1 Å². The van der Waals surface area contributed by atoms with E-state index in [9.17, 15) is 35.6 Å². The van der Waals surface area contributed by atoms with E-state index in [1.807, 2.05) is 6.92 Å². The van der Waals surface area contributed by atoms with Gasteiger partial charge in [0.1, 0.15) is 11.6 Å². The molecule has 0 spiro atoms. The van der Waals surface area contributed by atoms with E-state index in [1.165, 1.54) is 36.4 Å². The summed E-state index contributed by atoms with van der Waals surface area (Å²) in [6.45, 7) is 1.67. The Morgan fingerprint density at radius 1 is 0.932 bits per heavy atom. The first-order chi connectivity index (χ1) is 20.7. The van der Waals surface area contributed by atoms with Crippen LogP contribution in [0.2, 0.25) is 0 Å². The molecule has 2 aliphatic rings. The summed E-state index contributed by atoms with van der Waals surface area (Å²) in [5, 5.41) is 2.58. The topological polar surface area (TPSA) is 130 Å². The van der Waals surface area contributed by atoms with Crippen molar-refractivity contribution in [1.82, 2.24) is 10.2 Å². The Hall–Kier alpha value is -3.81. The molecule has 2 fully saturated rings. The van der Waals surface area contributed by atoms with E-state index >= 15 is 0 Å². The number of piperidine rings is 1. The van der Waals surface area contributed by atoms with Crippen LogP contribution in [-0.4, -0.2) is 54.4 Å². The minimum Gasteiger partial charge on any atom is -0.343 e. The Bertz CT molecular complexity index is 1590. The van der Waals surface area contributed by atoms with Gasteiger partial charge in [-0.15, -0.1) is 0 Å². The smallest absolute Gasteiger partial charge is 0.294 e. The number of benzene rings is 3. The SMILES string of the molecule is Cc1ccc(S(=O)(=O)O)cc1.N[C@H](Cc1cc(F)c(F)cc1F)C1CC2CCC(C1)N2C(=O)CNC(=O)c1ccc(F)cc1. The molecule has 8 nitrogen and oxygen atoms in total. The van der Waals surface area contributed by atoms with Crippen LogP contribution in [0.25, 0.3) is 0 Å². The third kappa shape index (κ3) is 8.21. The predicted octanol–water partition coefficient (Wildman–Crippen LogP) is 4.55. The maximum absolute atomic E-state index is 14.0. The van der Waals surface area contributed by atoms with Gasteiger partial charge in [-0.25, -0.2) is 17.6 Å². The van der Waals surface area contributed by atoms with E-state index < -0.39 is 45.3 Å². The van der Waals surface area contributed by atoms with E-state index in [2.05, 4.69) is 5.32 Å². The monoisotopic (exact) mass is 635 g/mol. The van der Waals surface area contributed by atoms with Crippen LogP contribution >= 0.6 is 0 Å². The molecule has 2 aliphatic heterocycles. The summed E-state index contributed by atoms with van der Waals surface area (Å²) >= 11 is 0. The highest BCUT2D eigenvalue weighted by atomic mass is 32.2. The molecule has 3 aromatic carbocycles. The zero-order valence-corrected chi connectivity index (χ0v) is 24.7. The Kier molecular flexibility index (Phi) is 10.4. The highest BCUT2D eigenvalue weighted by Crippen LogP contribution is 2.40. The van der Waals surface area contributed by atoms with Crippen molar-refractivity contribution in [2.45, 2.75) is 62.0 Å². The Morgan fingerprint density at radius 3 is 2.07 bits per heavy atom. The van der Waals surface area contributed by atoms with E-state index in [4.69, 9.17) is 10.3 Å². The minimum absolute atomic E-state index is 0.00729. The first-order valence-electron chi connectivity index (χ1n) is 14.0. The highest BCUT2D eigenvalue weighted by molar-refractivity contribution is 7.85. The maximum atomic E-state index is 14.0.